The number of rotatable bonds is 4. The Morgan fingerprint density at radius 3 is 3.00 bits per heavy atom. The Bertz CT molecular complexity index is 562. The van der Waals surface area contributed by atoms with Crippen LogP contribution in [0.25, 0.3) is 0 Å². The molecule has 1 atom stereocenters. The molecule has 0 unspecified atom stereocenters. The second-order valence-electron chi connectivity index (χ2n) is 4.25. The third-order valence-corrected chi connectivity index (χ3v) is 3.78. The van der Waals surface area contributed by atoms with Crippen molar-refractivity contribution in [1.82, 2.24) is 10.9 Å². The van der Waals surface area contributed by atoms with Gasteiger partial charge in [-0.15, -0.1) is 11.3 Å². The molecule has 0 saturated heterocycles. The van der Waals surface area contributed by atoms with Crippen molar-refractivity contribution in [2.24, 2.45) is 16.1 Å². The van der Waals surface area contributed by atoms with E-state index in [9.17, 15) is 9.59 Å². The van der Waals surface area contributed by atoms with Crippen LogP contribution in [0.3, 0.4) is 0 Å². The molecule has 6 nitrogen and oxygen atoms in total. The van der Waals surface area contributed by atoms with Gasteiger partial charge in [-0.1, -0.05) is 0 Å². The number of aryl methyl sites for hydroxylation is 1. The fourth-order valence-electron chi connectivity index (χ4n) is 1.64. The van der Waals surface area contributed by atoms with Gasteiger partial charge in [0.15, 0.2) is 0 Å². The van der Waals surface area contributed by atoms with Gasteiger partial charge in [-0.3, -0.25) is 9.59 Å². The summed E-state index contributed by atoms with van der Waals surface area (Å²) in [6.07, 6.45) is 1.66. The molecule has 0 spiro atoms. The van der Waals surface area contributed by atoms with Crippen LogP contribution in [0.1, 0.15) is 23.8 Å². The third-order valence-electron chi connectivity index (χ3n) is 2.83. The van der Waals surface area contributed by atoms with Crippen molar-refractivity contribution in [2.75, 3.05) is 0 Å². The minimum absolute atomic E-state index is 0.0575. The lowest BCUT2D eigenvalue weighted by Crippen LogP contribution is -2.29. The number of carbonyl (C=O) groups is 2. The van der Waals surface area contributed by atoms with E-state index < -0.39 is 5.92 Å². The molecule has 0 saturated carbocycles. The van der Waals surface area contributed by atoms with Gasteiger partial charge in [-0.25, -0.2) is 10.9 Å². The molecule has 0 aliphatic carbocycles. The predicted molar refractivity (Wildman–Crippen MR) is 74.2 cm³/mol. The van der Waals surface area contributed by atoms with Crippen molar-refractivity contribution in [3.05, 3.63) is 21.9 Å². The van der Waals surface area contributed by atoms with Gasteiger partial charge in [0, 0.05) is 17.0 Å². The highest BCUT2D eigenvalue weighted by Crippen LogP contribution is 2.13. The van der Waals surface area contributed by atoms with E-state index in [0.29, 0.717) is 5.71 Å². The monoisotopic (exact) mass is 278 g/mol. The summed E-state index contributed by atoms with van der Waals surface area (Å²) >= 11 is 1.55. The Morgan fingerprint density at radius 1 is 1.63 bits per heavy atom. The van der Waals surface area contributed by atoms with Crippen molar-refractivity contribution >= 4 is 35.1 Å². The lowest BCUT2D eigenvalue weighted by Gasteiger charge is -2.05. The predicted octanol–water partition coefficient (Wildman–Crippen LogP) is 1.02. The molecule has 2 rings (SSSR count). The average molecular weight is 278 g/mol. The molecule has 1 aromatic heterocycles. The zero-order chi connectivity index (χ0) is 13.8. The number of nitrogens with one attached hydrogen (secondary N) is 2. The lowest BCUT2D eigenvalue weighted by molar-refractivity contribution is -0.127. The highest BCUT2D eigenvalue weighted by molar-refractivity contribution is 7.11. The van der Waals surface area contributed by atoms with Gasteiger partial charge in [0.25, 0.3) is 0 Å². The lowest BCUT2D eigenvalue weighted by atomic mass is 10.0. The first-order chi connectivity index (χ1) is 9.08. The molecule has 2 heterocycles. The van der Waals surface area contributed by atoms with Gasteiger partial charge in [0.1, 0.15) is 0 Å². The van der Waals surface area contributed by atoms with Gasteiger partial charge in [-0.05, 0) is 30.9 Å². The standard InChI is InChI=1S/C12H14N4O2S/c1-7-3-4-19-10(7)6-13-15-11(17)5-9-8(2)14-16-12(9)18/h3-4,6,9H,5H2,1-2H3,(H,15,17)(H,16,18)/b13-6-/t9-/m0/s1. The smallest absolute Gasteiger partial charge is 0.249 e. The fourth-order valence-corrected chi connectivity index (χ4v) is 2.43. The molecule has 100 valence electrons. The maximum atomic E-state index is 11.6. The van der Waals surface area contributed by atoms with Gasteiger partial charge in [-0.2, -0.15) is 10.2 Å². The molecule has 0 fully saturated rings. The molecular weight excluding hydrogens is 264 g/mol. The first kappa shape index (κ1) is 13.4. The number of thiophene rings is 1. The molecule has 0 bridgehead atoms. The van der Waals surface area contributed by atoms with E-state index in [1.165, 1.54) is 0 Å². The van der Waals surface area contributed by atoms with Gasteiger partial charge in [0.2, 0.25) is 11.8 Å². The van der Waals surface area contributed by atoms with E-state index in [4.69, 9.17) is 0 Å². The normalized spacial score (nSPS) is 18.5. The summed E-state index contributed by atoms with van der Waals surface area (Å²) < 4.78 is 0. The number of hydrogen-bond acceptors (Lipinski definition) is 5. The molecule has 1 aliphatic heterocycles. The van der Waals surface area contributed by atoms with Gasteiger partial charge >= 0.3 is 0 Å². The zero-order valence-corrected chi connectivity index (χ0v) is 11.5. The molecule has 1 aromatic rings. The van der Waals surface area contributed by atoms with Crippen LogP contribution in [0.5, 0.6) is 0 Å². The van der Waals surface area contributed by atoms with Crippen molar-refractivity contribution in [2.45, 2.75) is 20.3 Å². The Morgan fingerprint density at radius 2 is 2.42 bits per heavy atom. The quantitative estimate of drug-likeness (QED) is 0.636. The van der Waals surface area contributed by atoms with Crippen molar-refractivity contribution in [3.8, 4) is 0 Å². The number of nitrogens with zero attached hydrogens (tertiary/aromatic N) is 2. The maximum Gasteiger partial charge on any atom is 0.249 e. The molecule has 2 N–H and O–H groups in total. The number of hydrazone groups is 2. The Labute approximate surface area is 114 Å². The summed E-state index contributed by atoms with van der Waals surface area (Å²) in [4.78, 5) is 24.0. The molecule has 7 heteroatoms. The summed E-state index contributed by atoms with van der Waals surface area (Å²) in [7, 11) is 0. The topological polar surface area (TPSA) is 82.9 Å². The maximum absolute atomic E-state index is 11.6. The van der Waals surface area contributed by atoms with Crippen LogP contribution in [0.15, 0.2) is 21.6 Å². The summed E-state index contributed by atoms with van der Waals surface area (Å²) in [5, 5.41) is 9.63. The first-order valence-corrected chi connectivity index (χ1v) is 6.66. The summed E-state index contributed by atoms with van der Waals surface area (Å²) in [6.45, 7) is 3.69. The van der Waals surface area contributed by atoms with Crippen molar-refractivity contribution in [3.63, 3.8) is 0 Å². The molecule has 1 aliphatic rings. The Kier molecular flexibility index (Phi) is 4.06. The first-order valence-electron chi connectivity index (χ1n) is 5.78. The van der Waals surface area contributed by atoms with E-state index in [1.807, 2.05) is 18.4 Å². The van der Waals surface area contributed by atoms with Crippen LogP contribution < -0.4 is 10.9 Å². The van der Waals surface area contributed by atoms with Crippen LogP contribution in [0.2, 0.25) is 0 Å². The highest BCUT2D eigenvalue weighted by Gasteiger charge is 2.28. The molecule has 0 radical (unpaired) electrons. The fraction of sp³-hybridized carbons (Fsp3) is 0.333. The van der Waals surface area contributed by atoms with Crippen molar-refractivity contribution in [1.29, 1.82) is 0 Å². The molecular formula is C12H14N4O2S. The Hall–Kier alpha value is -2.02. The average Bonchev–Trinajstić information content (AvgIpc) is 2.90. The molecule has 19 heavy (non-hydrogen) atoms. The van der Waals surface area contributed by atoms with Crippen LogP contribution >= 0.6 is 11.3 Å². The second-order valence-corrected chi connectivity index (χ2v) is 5.19. The van der Waals surface area contributed by atoms with E-state index >= 15 is 0 Å². The summed E-state index contributed by atoms with van der Waals surface area (Å²) in [5.74, 6) is -1.04. The SMILES string of the molecule is CC1=NNC(=O)[C@H]1CC(=O)N/N=C\c1sccc1C. The van der Waals surface area contributed by atoms with Crippen LogP contribution in [0.4, 0.5) is 0 Å². The van der Waals surface area contributed by atoms with Crippen molar-refractivity contribution < 1.29 is 9.59 Å². The largest absolute Gasteiger partial charge is 0.273 e. The summed E-state index contributed by atoms with van der Waals surface area (Å²) in [6, 6.07) is 1.98. The Balaban J connectivity index is 1.85. The number of carbonyl (C=O) groups excluding carboxylic acids is 2. The second kappa shape index (κ2) is 5.75. The van der Waals surface area contributed by atoms with E-state index in [0.717, 1.165) is 10.4 Å². The molecule has 2 amide bonds. The van der Waals surface area contributed by atoms with E-state index in [-0.39, 0.29) is 18.2 Å². The zero-order valence-electron chi connectivity index (χ0n) is 10.6. The minimum Gasteiger partial charge on any atom is -0.273 e. The third kappa shape index (κ3) is 3.25. The molecule has 0 aromatic carbocycles. The van der Waals surface area contributed by atoms with Crippen LogP contribution in [0, 0.1) is 12.8 Å². The number of hydrogen-bond donors (Lipinski definition) is 2. The van der Waals surface area contributed by atoms with Crippen LogP contribution in [-0.2, 0) is 9.59 Å². The van der Waals surface area contributed by atoms with Crippen LogP contribution in [-0.4, -0.2) is 23.7 Å². The minimum atomic E-state index is -0.487. The van der Waals surface area contributed by atoms with Gasteiger partial charge in [0.05, 0.1) is 12.1 Å². The van der Waals surface area contributed by atoms with E-state index in [1.54, 1.807) is 24.5 Å². The highest BCUT2D eigenvalue weighted by atomic mass is 32.1. The number of amides is 2. The summed E-state index contributed by atoms with van der Waals surface area (Å²) in [5.41, 5.74) is 6.50. The van der Waals surface area contributed by atoms with E-state index in [2.05, 4.69) is 21.1 Å². The van der Waals surface area contributed by atoms with Gasteiger partial charge < -0.3 is 0 Å².